The number of esters is 2. The van der Waals surface area contributed by atoms with Crippen molar-refractivity contribution in [3.8, 4) is 0 Å². The molecule has 1 rings (SSSR count). The smallest absolute Gasteiger partial charge is 0.462 e. The van der Waals surface area contributed by atoms with Crippen molar-refractivity contribution in [2.45, 2.75) is 210 Å². The highest BCUT2D eigenvalue weighted by Gasteiger charge is 2.54. The Morgan fingerprint density at radius 1 is 0.561 bits per heavy atom. The predicted molar refractivity (Wildman–Crippen MR) is 252 cm³/mol. The van der Waals surface area contributed by atoms with Gasteiger partial charge in [0.15, 0.2) is 6.10 Å². The Kier molecular flexibility index (Phi) is 35.1. The maximum Gasteiger partial charge on any atom is 0.472 e. The maximum atomic E-state index is 13.0. The van der Waals surface area contributed by atoms with Gasteiger partial charge in [-0.3, -0.25) is 23.2 Å². The Balaban J connectivity index is 2.66. The fourth-order valence-corrected chi connectivity index (χ4v) is 8.40. The number of phosphoric acid groups is 2. The second-order valence-corrected chi connectivity index (χ2v) is 19.3. The average molecular weight is 981 g/mol. The number of carbonyl (C=O) groups excluding carboxylic acids is 2. The Bertz CT molecular complexity index is 1530. The predicted octanol–water partition coefficient (Wildman–Crippen LogP) is 8.03. The molecule has 0 aliphatic heterocycles. The van der Waals surface area contributed by atoms with Gasteiger partial charge in [-0.05, 0) is 70.6 Å². The highest BCUT2D eigenvalue weighted by Crippen LogP contribution is 2.49. The van der Waals surface area contributed by atoms with E-state index in [1.165, 1.54) is 38.5 Å². The number of carbonyl (C=O) groups is 2. The van der Waals surface area contributed by atoms with Gasteiger partial charge >= 0.3 is 27.6 Å². The van der Waals surface area contributed by atoms with E-state index in [2.05, 4.69) is 36.6 Å². The number of hydrogen-bond donors (Lipinski definition) is 8. The standard InChI is InChI=1S/C47H82O17P2/c1-3-5-7-9-11-12-13-14-15-16-17-18-23-27-31-35-41(50)62-39(37-61-66(58,59)64-47-44(53)42(51)43(52)46(45(47)54)63-65(55,56)57)36-60-40(49)34-30-26-22-20-19-21-25-29-33-38(48)32-28-24-10-8-6-4-2/h12-13,20-22,24-25,28-29,33,38-39,42-48,51-54H,3-11,14-19,23,26-27,30-32,34-37H2,1-2H3,(H,58,59)(H2,55,56,57)/b13-12-,22-20-,25-21-,28-24-,33-29+/t38-,39-,42?,43?,44?,45?,46-,47+/m1/s1. The number of aliphatic hydroxyl groups is 5. The van der Waals surface area contributed by atoms with E-state index in [0.717, 1.165) is 64.2 Å². The van der Waals surface area contributed by atoms with Gasteiger partial charge in [0.1, 0.15) is 43.2 Å². The molecule has 0 radical (unpaired) electrons. The van der Waals surface area contributed by atoms with E-state index in [1.54, 1.807) is 12.2 Å². The lowest BCUT2D eigenvalue weighted by molar-refractivity contribution is -0.216. The first-order valence-electron chi connectivity index (χ1n) is 23.9. The Morgan fingerprint density at radius 2 is 1.08 bits per heavy atom. The summed E-state index contributed by atoms with van der Waals surface area (Å²) in [6.45, 7) is 2.94. The highest BCUT2D eigenvalue weighted by atomic mass is 31.2. The molecule has 0 heterocycles. The monoisotopic (exact) mass is 981 g/mol. The van der Waals surface area contributed by atoms with Crippen molar-refractivity contribution in [2.75, 3.05) is 13.2 Å². The molecule has 5 unspecified atom stereocenters. The molecule has 1 aliphatic rings. The third-order valence-electron chi connectivity index (χ3n) is 10.6. The number of rotatable bonds is 39. The van der Waals surface area contributed by atoms with Crippen molar-refractivity contribution >= 4 is 27.6 Å². The molecule has 0 aromatic carbocycles. The van der Waals surface area contributed by atoms with Gasteiger partial charge in [-0.2, -0.15) is 0 Å². The van der Waals surface area contributed by atoms with E-state index >= 15 is 0 Å². The lowest BCUT2D eigenvalue weighted by Gasteiger charge is -2.43. The molecular formula is C47H82O17P2. The molecule has 0 amide bonds. The number of ether oxygens (including phenoxy) is 2. The molecule has 0 aromatic rings. The Hall–Kier alpha value is -2.34. The van der Waals surface area contributed by atoms with Gasteiger partial charge in [-0.25, -0.2) is 9.13 Å². The second-order valence-electron chi connectivity index (χ2n) is 16.7. The molecule has 0 spiro atoms. The Labute approximate surface area is 392 Å². The zero-order valence-corrected chi connectivity index (χ0v) is 41.0. The second kappa shape index (κ2) is 37.5. The van der Waals surface area contributed by atoms with E-state index in [1.807, 2.05) is 30.4 Å². The van der Waals surface area contributed by atoms with Crippen LogP contribution >= 0.6 is 15.6 Å². The summed E-state index contributed by atoms with van der Waals surface area (Å²) in [5.74, 6) is -1.32. The molecule has 9 atom stereocenters. The SMILES string of the molecule is CCCCC/C=C\C[C@@H](O)/C=C/C=C\C/C=C\CCCC(=O)OC[C@H](COP(=O)(O)O[C@H]1C(O)C(O)C(O)[C@@H](OP(=O)(O)O)C1O)OC(=O)CCCCCCCCC/C=C\CCCCCC. The molecule has 1 saturated carbocycles. The number of unbranched alkanes of at least 4 members (excludes halogenated alkanes) is 15. The van der Waals surface area contributed by atoms with Gasteiger partial charge in [0.25, 0.3) is 0 Å². The van der Waals surface area contributed by atoms with Crippen LogP contribution in [-0.4, -0.2) is 114 Å². The van der Waals surface area contributed by atoms with Gasteiger partial charge in [-0.15, -0.1) is 0 Å². The third-order valence-corrected chi connectivity index (χ3v) is 12.1. The zero-order chi connectivity index (χ0) is 49.1. The average Bonchev–Trinajstić information content (AvgIpc) is 3.27. The van der Waals surface area contributed by atoms with E-state index in [4.69, 9.17) is 18.5 Å². The van der Waals surface area contributed by atoms with Crippen molar-refractivity contribution in [3.05, 3.63) is 60.8 Å². The summed E-state index contributed by atoms with van der Waals surface area (Å²) < 4.78 is 49.3. The van der Waals surface area contributed by atoms with Crippen LogP contribution < -0.4 is 0 Å². The van der Waals surface area contributed by atoms with Crippen LogP contribution in [0, 0.1) is 0 Å². The van der Waals surface area contributed by atoms with Crippen molar-refractivity contribution in [2.24, 2.45) is 0 Å². The number of phosphoric ester groups is 2. The first kappa shape index (κ1) is 61.7. The van der Waals surface area contributed by atoms with E-state index in [0.29, 0.717) is 32.1 Å². The first-order valence-corrected chi connectivity index (χ1v) is 27.0. The first-order chi connectivity index (χ1) is 31.5. The molecule has 17 nitrogen and oxygen atoms in total. The van der Waals surface area contributed by atoms with Gasteiger partial charge < -0.3 is 49.7 Å². The van der Waals surface area contributed by atoms with Crippen molar-refractivity contribution in [1.82, 2.24) is 0 Å². The van der Waals surface area contributed by atoms with Crippen LogP contribution in [0.4, 0.5) is 0 Å². The van der Waals surface area contributed by atoms with Gasteiger partial charge in [-0.1, -0.05) is 139 Å². The van der Waals surface area contributed by atoms with Crippen molar-refractivity contribution < 1.29 is 82.0 Å². The minimum atomic E-state index is -5.38. The fraction of sp³-hybridized carbons (Fsp3) is 0.745. The van der Waals surface area contributed by atoms with E-state index in [9.17, 15) is 58.9 Å². The lowest BCUT2D eigenvalue weighted by atomic mass is 9.85. The molecule has 382 valence electrons. The number of hydrogen-bond acceptors (Lipinski definition) is 14. The summed E-state index contributed by atoms with van der Waals surface area (Å²) in [5, 5.41) is 51.3. The molecule has 8 N–H and O–H groups in total. The molecule has 1 aliphatic carbocycles. The molecule has 1 fully saturated rings. The van der Waals surface area contributed by atoms with Gasteiger partial charge in [0.05, 0.1) is 12.7 Å². The molecule has 66 heavy (non-hydrogen) atoms. The molecule has 19 heteroatoms. The molecule has 0 aromatic heterocycles. The fourth-order valence-electron chi connectivity index (χ4n) is 6.86. The van der Waals surface area contributed by atoms with Crippen LogP contribution in [0.3, 0.4) is 0 Å². The van der Waals surface area contributed by atoms with E-state index < -0.39 is 89.6 Å². The van der Waals surface area contributed by atoms with Gasteiger partial charge in [0, 0.05) is 12.8 Å². The van der Waals surface area contributed by atoms with Crippen LogP contribution in [0.2, 0.25) is 0 Å². The lowest BCUT2D eigenvalue weighted by Crippen LogP contribution is -2.64. The minimum Gasteiger partial charge on any atom is -0.462 e. The van der Waals surface area contributed by atoms with Crippen molar-refractivity contribution in [3.63, 3.8) is 0 Å². The van der Waals surface area contributed by atoms with Crippen LogP contribution in [0.1, 0.15) is 162 Å². The summed E-state index contributed by atoms with van der Waals surface area (Å²) in [4.78, 5) is 54.3. The number of aliphatic hydroxyl groups excluding tert-OH is 5. The highest BCUT2D eigenvalue weighted by molar-refractivity contribution is 7.47. The normalized spacial score (nSPS) is 22.5. The maximum absolute atomic E-state index is 13.0. The Morgan fingerprint density at radius 3 is 1.71 bits per heavy atom. The largest absolute Gasteiger partial charge is 0.472 e. The van der Waals surface area contributed by atoms with Gasteiger partial charge in [0.2, 0.25) is 0 Å². The summed E-state index contributed by atoms with van der Waals surface area (Å²) >= 11 is 0. The van der Waals surface area contributed by atoms with E-state index in [-0.39, 0.29) is 12.8 Å². The topological polar surface area (TPSA) is 276 Å². The minimum absolute atomic E-state index is 0.0102. The molecular weight excluding hydrogens is 898 g/mol. The summed E-state index contributed by atoms with van der Waals surface area (Å²) in [6, 6.07) is 0. The summed E-state index contributed by atoms with van der Waals surface area (Å²) in [6.07, 6.45) is 24.9. The van der Waals surface area contributed by atoms with Crippen molar-refractivity contribution in [1.29, 1.82) is 0 Å². The third kappa shape index (κ3) is 31.7. The van der Waals surface area contributed by atoms with Crippen LogP contribution in [0.5, 0.6) is 0 Å². The summed E-state index contributed by atoms with van der Waals surface area (Å²) in [7, 11) is -10.7. The molecule has 0 bridgehead atoms. The van der Waals surface area contributed by atoms with Crippen LogP contribution in [0.15, 0.2) is 60.8 Å². The quantitative estimate of drug-likeness (QED) is 0.00951. The van der Waals surface area contributed by atoms with Crippen LogP contribution in [-0.2, 0) is 41.8 Å². The van der Waals surface area contributed by atoms with Crippen LogP contribution in [0.25, 0.3) is 0 Å². The summed E-state index contributed by atoms with van der Waals surface area (Å²) in [5.41, 5.74) is 0. The molecule has 0 saturated heterocycles. The zero-order valence-electron chi connectivity index (χ0n) is 39.2. The number of allylic oxidation sites excluding steroid dienone is 8.